The summed E-state index contributed by atoms with van der Waals surface area (Å²) in [5.41, 5.74) is 0.986. The zero-order valence-corrected chi connectivity index (χ0v) is 8.48. The number of aliphatic hydroxyl groups is 1. The molecule has 13 heavy (non-hydrogen) atoms. The molecule has 1 N–H and O–H groups in total. The van der Waals surface area contributed by atoms with Gasteiger partial charge in [-0.05, 0) is 24.1 Å². The molecule has 72 valence electrons. The molecule has 0 aliphatic rings. The van der Waals surface area contributed by atoms with Gasteiger partial charge in [0.15, 0.2) is 0 Å². The van der Waals surface area contributed by atoms with Crippen LogP contribution in [0.15, 0.2) is 18.2 Å². The summed E-state index contributed by atoms with van der Waals surface area (Å²) in [5, 5.41) is 9.43. The predicted octanol–water partition coefficient (Wildman–Crippen LogP) is 2.97. The van der Waals surface area contributed by atoms with Gasteiger partial charge < -0.3 is 5.11 Å². The van der Waals surface area contributed by atoms with E-state index in [4.69, 9.17) is 23.2 Å². The smallest absolute Gasteiger partial charge is 0.137 e. The summed E-state index contributed by atoms with van der Waals surface area (Å²) in [6, 6.07) is 4.27. The molecule has 0 heterocycles. The number of benzene rings is 1. The molecular weight excluding hydrogens is 214 g/mol. The monoisotopic (exact) mass is 222 g/mol. The van der Waals surface area contributed by atoms with E-state index in [9.17, 15) is 9.50 Å². The van der Waals surface area contributed by atoms with E-state index < -0.39 is 10.9 Å². The number of rotatable bonds is 2. The molecule has 0 amide bonds. The van der Waals surface area contributed by atoms with Crippen LogP contribution in [-0.2, 0) is 0 Å². The van der Waals surface area contributed by atoms with E-state index in [0.717, 1.165) is 0 Å². The number of aryl methyl sites for hydroxylation is 1. The Hall–Kier alpha value is -0.310. The summed E-state index contributed by atoms with van der Waals surface area (Å²) in [5.74, 6) is -0.309. The summed E-state index contributed by atoms with van der Waals surface area (Å²) >= 11 is 11.0. The summed E-state index contributed by atoms with van der Waals surface area (Å²) in [7, 11) is 0. The van der Waals surface area contributed by atoms with Gasteiger partial charge in [0, 0.05) is 0 Å². The molecule has 1 aromatic rings. The highest BCUT2D eigenvalue weighted by Crippen LogP contribution is 2.24. The average Bonchev–Trinajstić information content (AvgIpc) is 2.08. The minimum absolute atomic E-state index is 0.309. The van der Waals surface area contributed by atoms with Crippen molar-refractivity contribution in [1.29, 1.82) is 0 Å². The lowest BCUT2D eigenvalue weighted by atomic mass is 10.1. The minimum Gasteiger partial charge on any atom is -0.386 e. The number of aliphatic hydroxyl groups excluding tert-OH is 1. The number of halogens is 3. The summed E-state index contributed by atoms with van der Waals surface area (Å²) < 4.78 is 12.8. The van der Waals surface area contributed by atoms with Crippen LogP contribution in [-0.4, -0.2) is 9.94 Å². The van der Waals surface area contributed by atoms with Crippen LogP contribution in [0.4, 0.5) is 4.39 Å². The summed E-state index contributed by atoms with van der Waals surface area (Å²) in [6.07, 6.45) is -0.970. The van der Waals surface area contributed by atoms with E-state index in [1.54, 1.807) is 6.92 Å². The van der Waals surface area contributed by atoms with Gasteiger partial charge in [-0.15, -0.1) is 23.2 Å². The van der Waals surface area contributed by atoms with Crippen LogP contribution >= 0.6 is 23.2 Å². The molecule has 0 saturated heterocycles. The van der Waals surface area contributed by atoms with Gasteiger partial charge in [0.05, 0.1) is 0 Å². The second-order valence-electron chi connectivity index (χ2n) is 2.79. The first-order valence-electron chi connectivity index (χ1n) is 3.74. The maximum absolute atomic E-state index is 12.8. The van der Waals surface area contributed by atoms with Crippen LogP contribution in [0.5, 0.6) is 0 Å². The maximum atomic E-state index is 12.8. The van der Waals surface area contributed by atoms with E-state index >= 15 is 0 Å². The molecule has 0 aromatic heterocycles. The van der Waals surface area contributed by atoms with Gasteiger partial charge >= 0.3 is 0 Å². The van der Waals surface area contributed by atoms with Crippen molar-refractivity contribution in [3.05, 3.63) is 35.1 Å². The standard InChI is InChI=1S/C9H9Cl2FO/c1-5-4-6(2-3-7(5)12)8(13)9(10)11/h2-4,8-9,13H,1H3. The quantitative estimate of drug-likeness (QED) is 0.764. The Bertz CT molecular complexity index is 302. The molecule has 1 aromatic carbocycles. The van der Waals surface area contributed by atoms with Crippen molar-refractivity contribution in [3.8, 4) is 0 Å². The van der Waals surface area contributed by atoms with Crippen molar-refractivity contribution >= 4 is 23.2 Å². The third-order valence-electron chi connectivity index (χ3n) is 1.76. The van der Waals surface area contributed by atoms with Crippen LogP contribution in [0, 0.1) is 12.7 Å². The third-order valence-corrected chi connectivity index (χ3v) is 2.24. The molecule has 1 rings (SSSR count). The van der Waals surface area contributed by atoms with Crippen molar-refractivity contribution < 1.29 is 9.50 Å². The van der Waals surface area contributed by atoms with Crippen molar-refractivity contribution in [1.82, 2.24) is 0 Å². The Morgan fingerprint density at radius 1 is 1.38 bits per heavy atom. The lowest BCUT2D eigenvalue weighted by molar-refractivity contribution is 0.192. The van der Waals surface area contributed by atoms with Crippen LogP contribution in [0.2, 0.25) is 0 Å². The van der Waals surface area contributed by atoms with Crippen LogP contribution in [0.3, 0.4) is 0 Å². The maximum Gasteiger partial charge on any atom is 0.137 e. The highest BCUT2D eigenvalue weighted by atomic mass is 35.5. The van der Waals surface area contributed by atoms with Gasteiger partial charge in [-0.1, -0.05) is 12.1 Å². The Morgan fingerprint density at radius 3 is 2.46 bits per heavy atom. The second-order valence-corrected chi connectivity index (χ2v) is 3.95. The lowest BCUT2D eigenvalue weighted by Gasteiger charge is -2.12. The van der Waals surface area contributed by atoms with Gasteiger partial charge in [-0.2, -0.15) is 0 Å². The summed E-state index contributed by atoms with van der Waals surface area (Å²) in [6.45, 7) is 1.61. The Kier molecular flexibility index (Phi) is 3.54. The van der Waals surface area contributed by atoms with Crippen LogP contribution in [0.25, 0.3) is 0 Å². The molecule has 0 bridgehead atoms. The average molecular weight is 223 g/mol. The van der Waals surface area contributed by atoms with Crippen molar-refractivity contribution in [3.63, 3.8) is 0 Å². The fraction of sp³-hybridized carbons (Fsp3) is 0.333. The Morgan fingerprint density at radius 2 is 2.00 bits per heavy atom. The fourth-order valence-corrected chi connectivity index (χ4v) is 1.29. The normalized spacial score (nSPS) is 13.4. The molecule has 0 spiro atoms. The van der Waals surface area contributed by atoms with E-state index in [1.807, 2.05) is 0 Å². The molecule has 0 radical (unpaired) electrons. The van der Waals surface area contributed by atoms with E-state index in [0.29, 0.717) is 11.1 Å². The Labute approximate surface area is 86.1 Å². The van der Waals surface area contributed by atoms with Gasteiger partial charge in [0.25, 0.3) is 0 Å². The molecule has 0 aliphatic carbocycles. The number of hydrogen-bond donors (Lipinski definition) is 1. The SMILES string of the molecule is Cc1cc(C(O)C(Cl)Cl)ccc1F. The lowest BCUT2D eigenvalue weighted by Crippen LogP contribution is -2.06. The van der Waals surface area contributed by atoms with Crippen LogP contribution < -0.4 is 0 Å². The number of hydrogen-bond acceptors (Lipinski definition) is 1. The molecule has 1 atom stereocenters. The Balaban J connectivity index is 2.97. The van der Waals surface area contributed by atoms with Gasteiger partial charge in [-0.3, -0.25) is 0 Å². The van der Waals surface area contributed by atoms with E-state index in [2.05, 4.69) is 0 Å². The van der Waals surface area contributed by atoms with Gasteiger partial charge in [0.2, 0.25) is 0 Å². The largest absolute Gasteiger partial charge is 0.386 e. The highest BCUT2D eigenvalue weighted by molar-refractivity contribution is 6.44. The highest BCUT2D eigenvalue weighted by Gasteiger charge is 2.16. The molecule has 0 saturated carbocycles. The zero-order chi connectivity index (χ0) is 10.0. The zero-order valence-electron chi connectivity index (χ0n) is 6.97. The second kappa shape index (κ2) is 4.27. The first kappa shape index (κ1) is 10.8. The van der Waals surface area contributed by atoms with Crippen molar-refractivity contribution in [2.24, 2.45) is 0 Å². The fourth-order valence-electron chi connectivity index (χ4n) is 0.997. The van der Waals surface area contributed by atoms with Gasteiger partial charge in [0.1, 0.15) is 16.8 Å². The molecular formula is C9H9Cl2FO. The van der Waals surface area contributed by atoms with E-state index in [-0.39, 0.29) is 5.82 Å². The van der Waals surface area contributed by atoms with Crippen LogP contribution in [0.1, 0.15) is 17.2 Å². The predicted molar refractivity (Wildman–Crippen MR) is 51.6 cm³/mol. The first-order chi connectivity index (χ1) is 6.02. The molecule has 1 nitrogen and oxygen atoms in total. The first-order valence-corrected chi connectivity index (χ1v) is 4.62. The summed E-state index contributed by atoms with van der Waals surface area (Å²) in [4.78, 5) is -0.898. The molecule has 0 fully saturated rings. The van der Waals surface area contributed by atoms with Crippen molar-refractivity contribution in [2.75, 3.05) is 0 Å². The minimum atomic E-state index is -0.970. The molecule has 0 aliphatic heterocycles. The number of alkyl halides is 2. The van der Waals surface area contributed by atoms with Gasteiger partial charge in [-0.25, -0.2) is 4.39 Å². The molecule has 4 heteroatoms. The molecule has 1 unspecified atom stereocenters. The van der Waals surface area contributed by atoms with E-state index in [1.165, 1.54) is 18.2 Å². The van der Waals surface area contributed by atoms with Crippen molar-refractivity contribution in [2.45, 2.75) is 17.9 Å². The topological polar surface area (TPSA) is 20.2 Å². The third kappa shape index (κ3) is 2.56.